The molecule has 1 aliphatic heterocycles. The number of amides is 1. The monoisotopic (exact) mass is 327 g/mol. The van der Waals surface area contributed by atoms with Gasteiger partial charge in [-0.1, -0.05) is 6.92 Å². The lowest BCUT2D eigenvalue weighted by Crippen LogP contribution is -2.45. The zero-order valence-corrected chi connectivity index (χ0v) is 12.4. The normalized spacial score (nSPS) is 24.2. The molecular formula is C13H18BrN3O2. The van der Waals surface area contributed by atoms with Gasteiger partial charge in [0.2, 0.25) is 5.91 Å². The number of carbonyl (C=O) groups excluding carboxylic acids is 1. The highest BCUT2D eigenvalue weighted by atomic mass is 79.9. The first kappa shape index (κ1) is 14.4. The van der Waals surface area contributed by atoms with Gasteiger partial charge in [0.15, 0.2) is 0 Å². The van der Waals surface area contributed by atoms with Gasteiger partial charge in [-0.3, -0.25) is 9.69 Å². The van der Waals surface area contributed by atoms with Crippen LogP contribution in [0.25, 0.3) is 0 Å². The number of likely N-dealkylation sites (tertiary alicyclic amines) is 1. The van der Waals surface area contributed by atoms with E-state index in [9.17, 15) is 9.90 Å². The summed E-state index contributed by atoms with van der Waals surface area (Å²) in [6, 6.07) is 3.57. The Labute approximate surface area is 121 Å². The van der Waals surface area contributed by atoms with Crippen LogP contribution >= 0.6 is 15.9 Å². The van der Waals surface area contributed by atoms with E-state index >= 15 is 0 Å². The Hall–Kier alpha value is -0.980. The van der Waals surface area contributed by atoms with Gasteiger partial charge < -0.3 is 10.4 Å². The van der Waals surface area contributed by atoms with Crippen molar-refractivity contribution in [3.63, 3.8) is 0 Å². The zero-order valence-electron chi connectivity index (χ0n) is 10.8. The number of rotatable bonds is 3. The summed E-state index contributed by atoms with van der Waals surface area (Å²) >= 11 is 3.29. The lowest BCUT2D eigenvalue weighted by atomic mass is 9.96. The largest absolute Gasteiger partial charge is 0.392 e. The van der Waals surface area contributed by atoms with Gasteiger partial charge in [0.05, 0.1) is 12.6 Å². The summed E-state index contributed by atoms with van der Waals surface area (Å²) in [4.78, 5) is 17.9. The van der Waals surface area contributed by atoms with Crippen LogP contribution in [0, 0.1) is 5.92 Å². The van der Waals surface area contributed by atoms with E-state index < -0.39 is 0 Å². The molecular weight excluding hydrogens is 310 g/mol. The molecule has 2 N–H and O–H groups in total. The number of piperidine rings is 1. The number of pyridine rings is 1. The second-order valence-electron chi connectivity index (χ2n) is 4.98. The minimum atomic E-state index is -0.340. The van der Waals surface area contributed by atoms with Crippen LogP contribution in [-0.2, 0) is 4.79 Å². The smallest absolute Gasteiger partial charge is 0.239 e. The Morgan fingerprint density at radius 2 is 2.42 bits per heavy atom. The summed E-state index contributed by atoms with van der Waals surface area (Å²) in [6.07, 6.45) is 2.22. The third-order valence-electron chi connectivity index (χ3n) is 3.36. The van der Waals surface area contributed by atoms with E-state index in [0.29, 0.717) is 24.8 Å². The van der Waals surface area contributed by atoms with Crippen LogP contribution in [-0.4, -0.2) is 46.6 Å². The van der Waals surface area contributed by atoms with Crippen molar-refractivity contribution in [1.29, 1.82) is 0 Å². The van der Waals surface area contributed by atoms with Gasteiger partial charge >= 0.3 is 0 Å². The number of nitrogens with one attached hydrogen (secondary N) is 1. The van der Waals surface area contributed by atoms with Crippen molar-refractivity contribution in [1.82, 2.24) is 9.88 Å². The van der Waals surface area contributed by atoms with Gasteiger partial charge in [-0.2, -0.15) is 0 Å². The summed E-state index contributed by atoms with van der Waals surface area (Å²) in [7, 11) is 0. The number of anilines is 1. The van der Waals surface area contributed by atoms with Crippen LogP contribution in [0.4, 0.5) is 5.82 Å². The van der Waals surface area contributed by atoms with Crippen molar-refractivity contribution in [2.75, 3.05) is 25.0 Å². The van der Waals surface area contributed by atoms with E-state index in [4.69, 9.17) is 0 Å². The van der Waals surface area contributed by atoms with Crippen LogP contribution in [0.2, 0.25) is 0 Å². The Kier molecular flexibility index (Phi) is 4.90. The molecule has 1 amide bonds. The molecule has 0 aromatic carbocycles. The maximum atomic E-state index is 11.9. The number of aliphatic hydroxyl groups excluding tert-OH is 1. The van der Waals surface area contributed by atoms with Crippen molar-refractivity contribution in [2.45, 2.75) is 19.4 Å². The lowest BCUT2D eigenvalue weighted by molar-refractivity contribution is -0.118. The number of hydrogen-bond acceptors (Lipinski definition) is 4. The van der Waals surface area contributed by atoms with E-state index in [1.165, 1.54) is 0 Å². The molecule has 0 aliphatic carbocycles. The molecule has 1 aliphatic rings. The number of β-amino-alcohol motifs (C(OH)–C–C–N with tert-alkyl or cyclic N) is 1. The number of halogens is 1. The molecule has 1 aromatic rings. The summed E-state index contributed by atoms with van der Waals surface area (Å²) in [5, 5.41) is 12.5. The van der Waals surface area contributed by atoms with Gasteiger partial charge in [0.1, 0.15) is 5.82 Å². The van der Waals surface area contributed by atoms with Gasteiger partial charge in [0.25, 0.3) is 0 Å². The highest BCUT2D eigenvalue weighted by Gasteiger charge is 2.25. The van der Waals surface area contributed by atoms with E-state index in [0.717, 1.165) is 17.4 Å². The Bertz CT molecular complexity index is 438. The highest BCUT2D eigenvalue weighted by molar-refractivity contribution is 9.10. The molecule has 2 atom stereocenters. The number of hydrogen-bond donors (Lipinski definition) is 2. The average molecular weight is 328 g/mol. The molecule has 0 bridgehead atoms. The van der Waals surface area contributed by atoms with Crippen molar-refractivity contribution in [3.05, 3.63) is 22.8 Å². The summed E-state index contributed by atoms with van der Waals surface area (Å²) < 4.78 is 0.874. The number of carbonyl (C=O) groups is 1. The van der Waals surface area contributed by atoms with E-state index in [1.807, 2.05) is 17.9 Å². The molecule has 6 heteroatoms. The number of aliphatic hydroxyl groups is 1. The fraction of sp³-hybridized carbons (Fsp3) is 0.538. The molecule has 1 saturated heterocycles. The van der Waals surface area contributed by atoms with Gasteiger partial charge in [-0.05, 0) is 46.9 Å². The number of nitrogens with zero attached hydrogens (tertiary/aromatic N) is 2. The zero-order chi connectivity index (χ0) is 13.8. The van der Waals surface area contributed by atoms with Crippen molar-refractivity contribution < 1.29 is 9.90 Å². The maximum Gasteiger partial charge on any atom is 0.239 e. The first-order valence-electron chi connectivity index (χ1n) is 6.36. The predicted molar refractivity (Wildman–Crippen MR) is 76.8 cm³/mol. The van der Waals surface area contributed by atoms with Crippen LogP contribution in [0.1, 0.15) is 13.3 Å². The summed E-state index contributed by atoms with van der Waals surface area (Å²) in [5.74, 6) is 0.753. The Morgan fingerprint density at radius 1 is 1.63 bits per heavy atom. The second-order valence-corrected chi connectivity index (χ2v) is 5.89. The minimum Gasteiger partial charge on any atom is -0.392 e. The molecule has 0 radical (unpaired) electrons. The first-order valence-corrected chi connectivity index (χ1v) is 7.15. The highest BCUT2D eigenvalue weighted by Crippen LogP contribution is 2.16. The molecule has 0 saturated carbocycles. The van der Waals surface area contributed by atoms with Gasteiger partial charge in [-0.25, -0.2) is 4.98 Å². The average Bonchev–Trinajstić information content (AvgIpc) is 2.37. The molecule has 2 unspecified atom stereocenters. The van der Waals surface area contributed by atoms with Crippen molar-refractivity contribution in [2.24, 2.45) is 5.92 Å². The molecule has 2 rings (SSSR count). The minimum absolute atomic E-state index is 0.100. The van der Waals surface area contributed by atoms with Crippen LogP contribution in [0.3, 0.4) is 0 Å². The fourth-order valence-corrected chi connectivity index (χ4v) is 2.33. The first-order chi connectivity index (χ1) is 9.04. The number of aromatic nitrogens is 1. The standard InChI is InChI=1S/C13H18BrN3O2/c1-9-4-5-17(7-11(9)18)8-13(19)16-12-3-2-10(14)6-15-12/h2-3,6,9,11,18H,4-5,7-8H2,1H3,(H,15,16,19). The van der Waals surface area contributed by atoms with E-state index in [1.54, 1.807) is 12.3 Å². The van der Waals surface area contributed by atoms with Crippen LogP contribution < -0.4 is 5.32 Å². The Morgan fingerprint density at radius 3 is 3.05 bits per heavy atom. The topological polar surface area (TPSA) is 65.5 Å². The van der Waals surface area contributed by atoms with E-state index in [2.05, 4.69) is 26.2 Å². The van der Waals surface area contributed by atoms with Crippen LogP contribution in [0.5, 0.6) is 0 Å². The predicted octanol–water partition coefficient (Wildman–Crippen LogP) is 1.49. The third-order valence-corrected chi connectivity index (χ3v) is 3.83. The molecule has 1 aromatic heterocycles. The molecule has 104 valence electrons. The van der Waals surface area contributed by atoms with Crippen LogP contribution in [0.15, 0.2) is 22.8 Å². The molecule has 19 heavy (non-hydrogen) atoms. The SMILES string of the molecule is CC1CCN(CC(=O)Nc2ccc(Br)cn2)CC1O. The summed E-state index contributed by atoms with van der Waals surface area (Å²) in [6.45, 7) is 3.73. The third kappa shape index (κ3) is 4.26. The molecule has 1 fully saturated rings. The lowest BCUT2D eigenvalue weighted by Gasteiger charge is -2.33. The second kappa shape index (κ2) is 6.45. The molecule has 0 spiro atoms. The summed E-state index contributed by atoms with van der Waals surface area (Å²) in [5.41, 5.74) is 0. The maximum absolute atomic E-state index is 11.9. The van der Waals surface area contributed by atoms with Gasteiger partial charge in [0, 0.05) is 17.2 Å². The Balaban J connectivity index is 1.83. The molecule has 5 nitrogen and oxygen atoms in total. The quantitative estimate of drug-likeness (QED) is 0.882. The van der Waals surface area contributed by atoms with Crippen molar-refractivity contribution >= 4 is 27.7 Å². The van der Waals surface area contributed by atoms with E-state index in [-0.39, 0.29) is 12.0 Å². The van der Waals surface area contributed by atoms with Crippen molar-refractivity contribution in [3.8, 4) is 0 Å². The molecule has 2 heterocycles. The fourth-order valence-electron chi connectivity index (χ4n) is 2.09. The van der Waals surface area contributed by atoms with Gasteiger partial charge in [-0.15, -0.1) is 0 Å².